The van der Waals surface area contributed by atoms with Crippen LogP contribution < -0.4 is 5.69 Å². The van der Waals surface area contributed by atoms with Crippen molar-refractivity contribution in [3.63, 3.8) is 0 Å². The Balaban J connectivity index is 1.58. The predicted molar refractivity (Wildman–Crippen MR) is 98.8 cm³/mol. The van der Waals surface area contributed by atoms with E-state index in [4.69, 9.17) is 4.74 Å². The predicted octanol–water partition coefficient (Wildman–Crippen LogP) is 2.11. The molecule has 8 heteroatoms. The first-order valence-corrected chi connectivity index (χ1v) is 10.1. The van der Waals surface area contributed by atoms with Gasteiger partial charge >= 0.3 is 5.69 Å². The highest BCUT2D eigenvalue weighted by atomic mass is 32.1. The van der Waals surface area contributed by atoms with Gasteiger partial charge in [0.2, 0.25) is 0 Å². The summed E-state index contributed by atoms with van der Waals surface area (Å²) in [5.41, 5.74) is -0.0405. The van der Waals surface area contributed by atoms with E-state index in [0.717, 1.165) is 42.9 Å². The monoisotopic (exact) mass is 376 g/mol. The van der Waals surface area contributed by atoms with E-state index in [1.807, 2.05) is 27.0 Å². The number of thiophene rings is 1. The molecule has 1 aliphatic carbocycles. The summed E-state index contributed by atoms with van der Waals surface area (Å²) in [6, 6.07) is 4.05. The van der Waals surface area contributed by atoms with Crippen molar-refractivity contribution in [1.82, 2.24) is 19.2 Å². The number of ether oxygens (including phenoxy) is 1. The van der Waals surface area contributed by atoms with E-state index in [9.17, 15) is 9.59 Å². The second-order valence-electron chi connectivity index (χ2n) is 7.03. The van der Waals surface area contributed by atoms with Crippen molar-refractivity contribution in [2.75, 3.05) is 26.8 Å². The molecule has 1 unspecified atom stereocenters. The van der Waals surface area contributed by atoms with Crippen LogP contribution in [0.1, 0.15) is 53.1 Å². The standard InChI is InChI=1S/C18H24N4O3S/c1-25-10-9-21-18(24)22(14-6-7-14)16(19-21)13-4-2-8-20(12-13)17(23)15-5-3-11-26-15/h3,5,11,13-14H,2,4,6-10,12H2,1H3. The fourth-order valence-corrected chi connectivity index (χ4v) is 4.33. The SMILES string of the molecule is COCCn1nc(C2CCCN(C(=O)c3cccs3)C2)n(C2CC2)c1=O. The van der Waals surface area contributed by atoms with Gasteiger partial charge in [0.05, 0.1) is 18.0 Å². The molecule has 2 aromatic rings. The van der Waals surface area contributed by atoms with Crippen LogP contribution in [0.2, 0.25) is 0 Å². The molecule has 140 valence electrons. The fraction of sp³-hybridized carbons (Fsp3) is 0.611. The molecule has 26 heavy (non-hydrogen) atoms. The maximum Gasteiger partial charge on any atom is 0.346 e. The molecule has 2 fully saturated rings. The number of hydrogen-bond acceptors (Lipinski definition) is 5. The van der Waals surface area contributed by atoms with E-state index in [1.54, 1.807) is 7.11 Å². The Morgan fingerprint density at radius 3 is 2.92 bits per heavy atom. The van der Waals surface area contributed by atoms with E-state index in [0.29, 0.717) is 19.7 Å². The van der Waals surface area contributed by atoms with Gasteiger partial charge in [0.15, 0.2) is 0 Å². The van der Waals surface area contributed by atoms with Crippen LogP contribution in [-0.4, -0.2) is 52.0 Å². The number of amides is 1. The molecule has 4 rings (SSSR count). The van der Waals surface area contributed by atoms with Crippen molar-refractivity contribution < 1.29 is 9.53 Å². The third-order valence-corrected chi connectivity index (χ3v) is 5.98. The average Bonchev–Trinajstić information content (AvgIpc) is 3.23. The molecule has 7 nitrogen and oxygen atoms in total. The summed E-state index contributed by atoms with van der Waals surface area (Å²) in [7, 11) is 1.62. The van der Waals surface area contributed by atoms with E-state index in [1.165, 1.54) is 16.0 Å². The molecule has 0 bridgehead atoms. The largest absolute Gasteiger partial charge is 0.383 e. The number of carbonyl (C=O) groups is 1. The van der Waals surface area contributed by atoms with Crippen molar-refractivity contribution in [3.8, 4) is 0 Å². The second-order valence-corrected chi connectivity index (χ2v) is 7.97. The first-order chi connectivity index (χ1) is 12.7. The molecule has 0 N–H and O–H groups in total. The van der Waals surface area contributed by atoms with E-state index in [2.05, 4.69) is 5.10 Å². The van der Waals surface area contributed by atoms with Crippen LogP contribution in [0.15, 0.2) is 22.3 Å². The Hall–Kier alpha value is -1.93. The van der Waals surface area contributed by atoms with Crippen molar-refractivity contribution in [1.29, 1.82) is 0 Å². The fourth-order valence-electron chi connectivity index (χ4n) is 3.64. The average molecular weight is 376 g/mol. The summed E-state index contributed by atoms with van der Waals surface area (Å²) in [5, 5.41) is 6.57. The summed E-state index contributed by atoms with van der Waals surface area (Å²) in [4.78, 5) is 28.1. The molecule has 1 saturated heterocycles. The number of carbonyl (C=O) groups excluding carboxylic acids is 1. The van der Waals surface area contributed by atoms with Gasteiger partial charge in [-0.3, -0.25) is 9.36 Å². The van der Waals surface area contributed by atoms with Crippen molar-refractivity contribution in [2.45, 2.75) is 44.2 Å². The van der Waals surface area contributed by atoms with Gasteiger partial charge in [-0.15, -0.1) is 11.3 Å². The third-order valence-electron chi connectivity index (χ3n) is 5.12. The van der Waals surface area contributed by atoms with Gasteiger partial charge in [-0.1, -0.05) is 6.07 Å². The van der Waals surface area contributed by atoms with E-state index >= 15 is 0 Å². The van der Waals surface area contributed by atoms with Crippen LogP contribution >= 0.6 is 11.3 Å². The van der Waals surface area contributed by atoms with Gasteiger partial charge in [-0.2, -0.15) is 5.10 Å². The van der Waals surface area contributed by atoms with Gasteiger partial charge < -0.3 is 9.64 Å². The van der Waals surface area contributed by atoms with Crippen molar-refractivity contribution >= 4 is 17.2 Å². The summed E-state index contributed by atoms with van der Waals surface area (Å²) in [5.74, 6) is 1.05. The molecule has 1 amide bonds. The minimum absolute atomic E-state index is 0.0405. The van der Waals surface area contributed by atoms with Crippen LogP contribution in [0.3, 0.4) is 0 Å². The molecule has 1 atom stereocenters. The van der Waals surface area contributed by atoms with Crippen LogP contribution in [0, 0.1) is 0 Å². The molecule has 1 saturated carbocycles. The van der Waals surface area contributed by atoms with Gasteiger partial charge in [-0.25, -0.2) is 9.48 Å². The molecule has 3 heterocycles. The summed E-state index contributed by atoms with van der Waals surface area (Å²) >= 11 is 1.48. The van der Waals surface area contributed by atoms with Gasteiger partial charge in [0.25, 0.3) is 5.91 Å². The smallest absolute Gasteiger partial charge is 0.346 e. The summed E-state index contributed by atoms with van der Waals surface area (Å²) in [6.45, 7) is 2.33. The van der Waals surface area contributed by atoms with E-state index in [-0.39, 0.29) is 23.6 Å². The van der Waals surface area contributed by atoms with Crippen molar-refractivity contribution in [3.05, 3.63) is 38.7 Å². The number of hydrogen-bond donors (Lipinski definition) is 0. The topological polar surface area (TPSA) is 69.4 Å². The number of nitrogens with zero attached hydrogens (tertiary/aromatic N) is 4. The normalized spacial score (nSPS) is 20.5. The zero-order valence-electron chi connectivity index (χ0n) is 15.0. The molecule has 0 radical (unpaired) electrons. The zero-order valence-corrected chi connectivity index (χ0v) is 15.8. The number of methoxy groups -OCH3 is 1. The van der Waals surface area contributed by atoms with Crippen LogP contribution in [0.4, 0.5) is 0 Å². The Kier molecular flexibility index (Phi) is 4.95. The van der Waals surface area contributed by atoms with Crippen LogP contribution in [0.25, 0.3) is 0 Å². The molecule has 2 aliphatic rings. The quantitative estimate of drug-likeness (QED) is 0.774. The minimum Gasteiger partial charge on any atom is -0.383 e. The van der Waals surface area contributed by atoms with Crippen molar-refractivity contribution in [2.24, 2.45) is 0 Å². The number of rotatable bonds is 6. The first-order valence-electron chi connectivity index (χ1n) is 9.20. The maximum absolute atomic E-state index is 12.8. The van der Waals surface area contributed by atoms with Gasteiger partial charge in [0.1, 0.15) is 5.82 Å². The lowest BCUT2D eigenvalue weighted by molar-refractivity contribution is 0.0708. The third kappa shape index (κ3) is 3.35. The summed E-state index contributed by atoms with van der Waals surface area (Å²) in [6.07, 6.45) is 3.97. The minimum atomic E-state index is -0.0405. The Morgan fingerprint density at radius 1 is 1.38 bits per heavy atom. The molecule has 2 aromatic heterocycles. The maximum atomic E-state index is 12.8. The van der Waals surface area contributed by atoms with Crippen LogP contribution in [-0.2, 0) is 11.3 Å². The Morgan fingerprint density at radius 2 is 2.23 bits per heavy atom. The first kappa shape index (κ1) is 17.5. The second kappa shape index (κ2) is 7.36. The molecular weight excluding hydrogens is 352 g/mol. The number of piperidine rings is 1. The molecule has 0 aromatic carbocycles. The number of likely N-dealkylation sites (tertiary alicyclic amines) is 1. The zero-order chi connectivity index (χ0) is 18.1. The Bertz CT molecular complexity index is 822. The molecule has 1 aliphatic heterocycles. The highest BCUT2D eigenvalue weighted by Gasteiger charge is 2.35. The lowest BCUT2D eigenvalue weighted by Crippen LogP contribution is -2.39. The van der Waals surface area contributed by atoms with Crippen LogP contribution in [0.5, 0.6) is 0 Å². The lowest BCUT2D eigenvalue weighted by atomic mass is 9.97. The lowest BCUT2D eigenvalue weighted by Gasteiger charge is -2.32. The van der Waals surface area contributed by atoms with Gasteiger partial charge in [-0.05, 0) is 37.1 Å². The number of aromatic nitrogens is 3. The molecular formula is C18H24N4O3S. The highest BCUT2D eigenvalue weighted by Crippen LogP contribution is 2.37. The summed E-state index contributed by atoms with van der Waals surface area (Å²) < 4.78 is 8.50. The Labute approximate surface area is 156 Å². The van der Waals surface area contributed by atoms with E-state index < -0.39 is 0 Å². The molecule has 0 spiro atoms. The highest BCUT2D eigenvalue weighted by molar-refractivity contribution is 7.12. The van der Waals surface area contributed by atoms with Gasteiger partial charge in [0, 0.05) is 32.2 Å².